The summed E-state index contributed by atoms with van der Waals surface area (Å²) in [5.41, 5.74) is 6.62. The highest BCUT2D eigenvalue weighted by Crippen LogP contribution is 2.38. The van der Waals surface area contributed by atoms with Crippen LogP contribution < -0.4 is 0 Å². The molecule has 174 valence electrons. The van der Waals surface area contributed by atoms with Crippen molar-refractivity contribution in [2.75, 3.05) is 6.54 Å². The molecule has 0 saturated carbocycles. The van der Waals surface area contributed by atoms with Crippen molar-refractivity contribution in [2.24, 2.45) is 7.05 Å². The molecule has 0 spiro atoms. The molecule has 3 heterocycles. The van der Waals surface area contributed by atoms with Crippen LogP contribution in [0.25, 0.3) is 11.3 Å². The van der Waals surface area contributed by atoms with E-state index in [9.17, 15) is 13.6 Å². The summed E-state index contributed by atoms with van der Waals surface area (Å²) >= 11 is 0. The maximum absolute atomic E-state index is 14.2. The van der Waals surface area contributed by atoms with Crippen LogP contribution >= 0.6 is 0 Å². The van der Waals surface area contributed by atoms with Crippen LogP contribution in [0.3, 0.4) is 0 Å². The van der Waals surface area contributed by atoms with Crippen molar-refractivity contribution in [3.8, 4) is 11.3 Å². The Hall–Kier alpha value is -3.81. The van der Waals surface area contributed by atoms with E-state index in [2.05, 4.69) is 16.3 Å². The minimum absolute atomic E-state index is 0.0396. The summed E-state index contributed by atoms with van der Waals surface area (Å²) in [5, 5.41) is 8.49. The number of aryl methyl sites for hydroxylation is 3. The van der Waals surface area contributed by atoms with E-state index >= 15 is 0 Å². The van der Waals surface area contributed by atoms with Crippen LogP contribution in [-0.2, 0) is 13.6 Å². The van der Waals surface area contributed by atoms with Gasteiger partial charge >= 0.3 is 0 Å². The predicted molar refractivity (Wildman–Crippen MR) is 122 cm³/mol. The van der Waals surface area contributed by atoms with Gasteiger partial charge in [-0.15, -0.1) is 0 Å². The number of carbonyl (C=O) groups excluding carboxylic acids is 1. The van der Waals surface area contributed by atoms with Gasteiger partial charge in [0.2, 0.25) is 0 Å². The van der Waals surface area contributed by atoms with Crippen molar-refractivity contribution in [2.45, 2.75) is 33.2 Å². The summed E-state index contributed by atoms with van der Waals surface area (Å²) in [6.07, 6.45) is 0. The molecule has 0 radical (unpaired) electrons. The van der Waals surface area contributed by atoms with Crippen molar-refractivity contribution >= 4 is 5.91 Å². The second-order valence-corrected chi connectivity index (χ2v) is 8.79. The van der Waals surface area contributed by atoms with Gasteiger partial charge in [-0.2, -0.15) is 5.10 Å². The van der Waals surface area contributed by atoms with E-state index in [4.69, 9.17) is 4.52 Å². The molecule has 34 heavy (non-hydrogen) atoms. The van der Waals surface area contributed by atoms with Gasteiger partial charge in [0, 0.05) is 49.4 Å². The van der Waals surface area contributed by atoms with Crippen LogP contribution in [0.4, 0.5) is 8.78 Å². The Bertz CT molecular complexity index is 1420. The quantitative estimate of drug-likeness (QED) is 0.427. The molecule has 0 fully saturated rings. The van der Waals surface area contributed by atoms with Crippen molar-refractivity contribution in [1.82, 2.24) is 19.8 Å². The average molecular weight is 463 g/mol. The van der Waals surface area contributed by atoms with Gasteiger partial charge in [-0.05, 0) is 49.6 Å². The minimum Gasteiger partial charge on any atom is -0.355 e. The number of nitrogens with zero attached hydrogens (tertiary/aromatic N) is 4. The Labute approximate surface area is 195 Å². The highest BCUT2D eigenvalue weighted by molar-refractivity contribution is 5.93. The molecule has 1 aliphatic heterocycles. The highest BCUT2D eigenvalue weighted by Gasteiger charge is 2.34. The lowest BCUT2D eigenvalue weighted by Crippen LogP contribution is -2.39. The number of rotatable bonds is 3. The molecular weight excluding hydrogens is 438 g/mol. The van der Waals surface area contributed by atoms with Gasteiger partial charge in [0.25, 0.3) is 5.91 Å². The molecule has 1 aliphatic rings. The fraction of sp³-hybridized carbons (Fsp3) is 0.269. The Balaban J connectivity index is 1.52. The molecule has 8 heteroatoms. The Kier molecular flexibility index (Phi) is 5.31. The number of carbonyl (C=O) groups is 1. The van der Waals surface area contributed by atoms with Gasteiger partial charge in [-0.3, -0.25) is 9.48 Å². The molecule has 0 saturated heterocycles. The lowest BCUT2D eigenvalue weighted by Gasteiger charge is -2.35. The Morgan fingerprint density at radius 1 is 1.12 bits per heavy atom. The number of benzene rings is 2. The third-order valence-electron chi connectivity index (χ3n) is 6.70. The van der Waals surface area contributed by atoms with E-state index in [-0.39, 0.29) is 28.8 Å². The monoisotopic (exact) mass is 462 g/mol. The standard InChI is InChI=1S/C26H24F2N4O2/c1-14-6-5-7-18-20(14)12-32(13-21(18)25-15(2)29-31(4)16(25)3)26(33)23-11-24(34-30-23)19-9-8-17(27)10-22(19)28/h5-11,21H,12-13H2,1-4H3. The third-order valence-corrected chi connectivity index (χ3v) is 6.70. The Morgan fingerprint density at radius 3 is 2.62 bits per heavy atom. The molecule has 1 amide bonds. The molecule has 1 atom stereocenters. The molecular formula is C26H24F2N4O2. The van der Waals surface area contributed by atoms with Crippen LogP contribution in [0.15, 0.2) is 47.0 Å². The molecule has 0 N–H and O–H groups in total. The largest absolute Gasteiger partial charge is 0.355 e. The first-order valence-corrected chi connectivity index (χ1v) is 11.0. The lowest BCUT2D eigenvalue weighted by molar-refractivity contribution is 0.0714. The van der Waals surface area contributed by atoms with E-state index in [1.54, 1.807) is 4.90 Å². The molecule has 0 aliphatic carbocycles. The highest BCUT2D eigenvalue weighted by atomic mass is 19.1. The zero-order valence-electron chi connectivity index (χ0n) is 19.4. The van der Waals surface area contributed by atoms with Crippen LogP contribution in [-0.4, -0.2) is 32.3 Å². The van der Waals surface area contributed by atoms with E-state index in [0.29, 0.717) is 13.1 Å². The predicted octanol–water partition coefficient (Wildman–Crippen LogP) is 5.07. The van der Waals surface area contributed by atoms with Gasteiger partial charge in [-0.1, -0.05) is 23.4 Å². The SMILES string of the molecule is Cc1cccc2c1CN(C(=O)c1cc(-c3ccc(F)cc3F)on1)CC2c1c(C)nn(C)c1C. The molecule has 0 bridgehead atoms. The number of fused-ring (bicyclic) bond motifs is 1. The first kappa shape index (κ1) is 22.0. The molecule has 4 aromatic rings. The third kappa shape index (κ3) is 3.59. The molecule has 2 aromatic carbocycles. The summed E-state index contributed by atoms with van der Waals surface area (Å²) in [5.74, 6) is -1.74. The van der Waals surface area contributed by atoms with Crippen molar-refractivity contribution in [1.29, 1.82) is 0 Å². The fourth-order valence-electron chi connectivity index (χ4n) is 4.89. The van der Waals surface area contributed by atoms with E-state index in [0.717, 1.165) is 40.2 Å². The van der Waals surface area contributed by atoms with E-state index < -0.39 is 11.6 Å². The molecule has 5 rings (SSSR count). The van der Waals surface area contributed by atoms with E-state index in [1.807, 2.05) is 44.6 Å². The summed E-state index contributed by atoms with van der Waals surface area (Å²) in [6, 6.07) is 10.8. The van der Waals surface area contributed by atoms with E-state index in [1.165, 1.54) is 17.7 Å². The summed E-state index contributed by atoms with van der Waals surface area (Å²) in [6.45, 7) is 6.95. The Morgan fingerprint density at radius 2 is 1.91 bits per heavy atom. The number of halogens is 2. The molecule has 2 aromatic heterocycles. The number of aromatic nitrogens is 3. The first-order valence-electron chi connectivity index (χ1n) is 11.0. The topological polar surface area (TPSA) is 64.2 Å². The van der Waals surface area contributed by atoms with Crippen molar-refractivity contribution in [3.05, 3.63) is 93.4 Å². The second-order valence-electron chi connectivity index (χ2n) is 8.79. The van der Waals surface area contributed by atoms with Gasteiger partial charge < -0.3 is 9.42 Å². The van der Waals surface area contributed by atoms with Crippen molar-refractivity contribution < 1.29 is 18.1 Å². The second kappa shape index (κ2) is 8.20. The van der Waals surface area contributed by atoms with Gasteiger partial charge in [0.15, 0.2) is 11.5 Å². The average Bonchev–Trinajstić information content (AvgIpc) is 3.37. The first-order chi connectivity index (χ1) is 16.2. The normalized spacial score (nSPS) is 15.5. The van der Waals surface area contributed by atoms with Crippen molar-refractivity contribution in [3.63, 3.8) is 0 Å². The van der Waals surface area contributed by atoms with Crippen LogP contribution in [0.2, 0.25) is 0 Å². The minimum atomic E-state index is -0.778. The summed E-state index contributed by atoms with van der Waals surface area (Å²) in [4.78, 5) is 15.2. The summed E-state index contributed by atoms with van der Waals surface area (Å²) < 4.78 is 34.6. The lowest BCUT2D eigenvalue weighted by atomic mass is 9.82. The number of hydrogen-bond donors (Lipinski definition) is 0. The van der Waals surface area contributed by atoms with Gasteiger partial charge in [-0.25, -0.2) is 8.78 Å². The zero-order valence-corrected chi connectivity index (χ0v) is 19.4. The van der Waals surface area contributed by atoms with Gasteiger partial charge in [0.1, 0.15) is 11.6 Å². The van der Waals surface area contributed by atoms with Crippen LogP contribution in [0.1, 0.15) is 50.0 Å². The van der Waals surface area contributed by atoms with Gasteiger partial charge in [0.05, 0.1) is 11.3 Å². The zero-order chi connectivity index (χ0) is 24.1. The number of hydrogen-bond acceptors (Lipinski definition) is 4. The maximum Gasteiger partial charge on any atom is 0.276 e. The summed E-state index contributed by atoms with van der Waals surface area (Å²) in [7, 11) is 1.92. The maximum atomic E-state index is 14.2. The molecule has 1 unspecified atom stereocenters. The van der Waals surface area contributed by atoms with Crippen LogP contribution in [0.5, 0.6) is 0 Å². The smallest absolute Gasteiger partial charge is 0.276 e. The molecule has 6 nitrogen and oxygen atoms in total. The van der Waals surface area contributed by atoms with Crippen LogP contribution in [0, 0.1) is 32.4 Å². The number of amides is 1. The fourth-order valence-corrected chi connectivity index (χ4v) is 4.89.